The lowest BCUT2D eigenvalue weighted by Gasteiger charge is -2.33. The van der Waals surface area contributed by atoms with Crippen LogP contribution in [0.15, 0.2) is 36.9 Å². The van der Waals surface area contributed by atoms with Crippen molar-refractivity contribution >= 4 is 23.5 Å². The molecule has 8 nitrogen and oxygen atoms in total. The third-order valence-electron chi connectivity index (χ3n) is 5.51. The van der Waals surface area contributed by atoms with Crippen molar-refractivity contribution in [3.63, 3.8) is 0 Å². The minimum Gasteiger partial charge on any atom is -0.461 e. The lowest BCUT2D eigenvalue weighted by molar-refractivity contribution is -0.135. The first-order valence-corrected chi connectivity index (χ1v) is 10.1. The molecule has 3 heterocycles. The maximum absolute atomic E-state index is 13.4. The summed E-state index contributed by atoms with van der Waals surface area (Å²) >= 11 is 0. The standard InChI is InChI=1S/C22H24N4O4/c1-3-10-26-18-9-11-25(13-16(18)20(24-26)22(29)30-4-2)21(28)15-12-19(27)23-17-8-6-5-7-14(15)17/h3,5-8,15H,1,4,9-13H2,2H3,(H,23,27)/t15-/m1/s1. The molecule has 1 aromatic heterocycles. The molecule has 0 saturated carbocycles. The molecule has 0 spiro atoms. The minimum absolute atomic E-state index is 0.111. The van der Waals surface area contributed by atoms with Crippen LogP contribution in [0, 0.1) is 0 Å². The van der Waals surface area contributed by atoms with E-state index in [0.717, 1.165) is 11.3 Å². The fraction of sp³-hybridized carbons (Fsp3) is 0.364. The summed E-state index contributed by atoms with van der Waals surface area (Å²) < 4.78 is 6.91. The van der Waals surface area contributed by atoms with Crippen molar-refractivity contribution in [1.29, 1.82) is 0 Å². The van der Waals surface area contributed by atoms with Crippen LogP contribution in [0.2, 0.25) is 0 Å². The number of hydrogen-bond donors (Lipinski definition) is 1. The molecule has 30 heavy (non-hydrogen) atoms. The van der Waals surface area contributed by atoms with Gasteiger partial charge in [-0.2, -0.15) is 5.10 Å². The molecule has 2 aliphatic heterocycles. The first-order valence-electron chi connectivity index (χ1n) is 10.1. The predicted octanol–water partition coefficient (Wildman–Crippen LogP) is 2.26. The lowest BCUT2D eigenvalue weighted by atomic mass is 9.88. The third kappa shape index (κ3) is 3.49. The second kappa shape index (κ2) is 8.14. The van der Waals surface area contributed by atoms with Crippen LogP contribution in [-0.4, -0.2) is 45.6 Å². The van der Waals surface area contributed by atoms with Crippen LogP contribution in [0.3, 0.4) is 0 Å². The smallest absolute Gasteiger partial charge is 0.359 e. The highest BCUT2D eigenvalue weighted by molar-refractivity contribution is 6.01. The Hall–Kier alpha value is -3.42. The SMILES string of the molecule is C=CCn1nc(C(=O)OCC)c2c1CCN(C(=O)[C@@H]1CC(=O)Nc3ccccc31)C2. The number of esters is 1. The maximum Gasteiger partial charge on any atom is 0.359 e. The van der Waals surface area contributed by atoms with Gasteiger partial charge in [-0.3, -0.25) is 14.3 Å². The van der Waals surface area contributed by atoms with Crippen LogP contribution >= 0.6 is 0 Å². The predicted molar refractivity (Wildman–Crippen MR) is 110 cm³/mol. The van der Waals surface area contributed by atoms with Crippen LogP contribution in [0.5, 0.6) is 0 Å². The molecule has 1 N–H and O–H groups in total. The van der Waals surface area contributed by atoms with E-state index in [2.05, 4.69) is 17.0 Å². The van der Waals surface area contributed by atoms with Gasteiger partial charge >= 0.3 is 5.97 Å². The van der Waals surface area contributed by atoms with E-state index in [0.29, 0.717) is 30.8 Å². The molecule has 2 aromatic rings. The Bertz CT molecular complexity index is 1030. The van der Waals surface area contributed by atoms with E-state index in [1.807, 2.05) is 18.2 Å². The number of para-hydroxylation sites is 1. The quantitative estimate of drug-likeness (QED) is 0.605. The summed E-state index contributed by atoms with van der Waals surface area (Å²) in [6, 6.07) is 7.37. The summed E-state index contributed by atoms with van der Waals surface area (Å²) in [5, 5.41) is 7.25. The molecule has 0 bridgehead atoms. The van der Waals surface area contributed by atoms with E-state index < -0.39 is 11.9 Å². The van der Waals surface area contributed by atoms with Gasteiger partial charge in [0.15, 0.2) is 5.69 Å². The molecule has 156 valence electrons. The van der Waals surface area contributed by atoms with Crippen LogP contribution in [-0.2, 0) is 33.8 Å². The molecule has 2 amide bonds. The van der Waals surface area contributed by atoms with Crippen LogP contribution < -0.4 is 5.32 Å². The van der Waals surface area contributed by atoms with Crippen molar-refractivity contribution in [2.75, 3.05) is 18.5 Å². The molecule has 8 heteroatoms. The number of aromatic nitrogens is 2. The molecule has 0 fully saturated rings. The molecular weight excluding hydrogens is 384 g/mol. The summed E-state index contributed by atoms with van der Waals surface area (Å²) in [6.45, 7) is 6.98. The zero-order valence-electron chi connectivity index (χ0n) is 16.9. The van der Waals surface area contributed by atoms with Crippen LogP contribution in [0.25, 0.3) is 0 Å². The van der Waals surface area contributed by atoms with Gasteiger partial charge in [-0.15, -0.1) is 6.58 Å². The molecular formula is C22H24N4O4. The van der Waals surface area contributed by atoms with Gasteiger partial charge in [0.1, 0.15) is 0 Å². The molecule has 1 aromatic carbocycles. The Morgan fingerprint density at radius 1 is 1.37 bits per heavy atom. The Morgan fingerprint density at radius 2 is 2.17 bits per heavy atom. The second-order valence-electron chi connectivity index (χ2n) is 7.37. The summed E-state index contributed by atoms with van der Waals surface area (Å²) in [5.41, 5.74) is 3.37. The average Bonchev–Trinajstić information content (AvgIpc) is 3.11. The van der Waals surface area contributed by atoms with Gasteiger partial charge in [0, 0.05) is 42.9 Å². The van der Waals surface area contributed by atoms with Gasteiger partial charge in [-0.05, 0) is 18.6 Å². The minimum atomic E-state index is -0.536. The Balaban J connectivity index is 1.64. The monoisotopic (exact) mass is 408 g/mol. The van der Waals surface area contributed by atoms with Gasteiger partial charge in [0.05, 0.1) is 19.1 Å². The number of anilines is 1. The molecule has 0 aliphatic carbocycles. The summed E-state index contributed by atoms with van der Waals surface area (Å²) in [4.78, 5) is 39.7. The van der Waals surface area contributed by atoms with Crippen molar-refractivity contribution in [2.24, 2.45) is 0 Å². The Labute approximate surface area is 174 Å². The van der Waals surface area contributed by atoms with Crippen molar-refractivity contribution in [3.8, 4) is 0 Å². The van der Waals surface area contributed by atoms with Gasteiger partial charge in [0.25, 0.3) is 0 Å². The number of nitrogens with zero attached hydrogens (tertiary/aromatic N) is 3. The topological polar surface area (TPSA) is 93.5 Å². The summed E-state index contributed by atoms with van der Waals surface area (Å²) in [7, 11) is 0. The Kier molecular flexibility index (Phi) is 5.39. The van der Waals surface area contributed by atoms with E-state index in [1.54, 1.807) is 28.6 Å². The number of fused-ring (bicyclic) bond motifs is 2. The normalized spacial score (nSPS) is 17.6. The number of carbonyl (C=O) groups is 3. The number of carbonyl (C=O) groups excluding carboxylic acids is 3. The molecule has 0 unspecified atom stereocenters. The third-order valence-corrected chi connectivity index (χ3v) is 5.51. The van der Waals surface area contributed by atoms with Crippen molar-refractivity contribution in [2.45, 2.75) is 38.8 Å². The van der Waals surface area contributed by atoms with Gasteiger partial charge in [0.2, 0.25) is 11.8 Å². The fourth-order valence-electron chi connectivity index (χ4n) is 4.17. The highest BCUT2D eigenvalue weighted by atomic mass is 16.5. The maximum atomic E-state index is 13.4. The summed E-state index contributed by atoms with van der Waals surface area (Å²) in [5.74, 6) is -1.32. The van der Waals surface area contributed by atoms with Crippen LogP contribution in [0.4, 0.5) is 5.69 Å². The zero-order valence-corrected chi connectivity index (χ0v) is 16.9. The number of rotatable bonds is 5. The summed E-state index contributed by atoms with van der Waals surface area (Å²) in [6.07, 6.45) is 2.40. The van der Waals surface area contributed by atoms with Crippen LogP contribution in [0.1, 0.15) is 46.6 Å². The van der Waals surface area contributed by atoms with Gasteiger partial charge < -0.3 is 15.0 Å². The first-order chi connectivity index (χ1) is 14.5. The number of hydrogen-bond acceptors (Lipinski definition) is 5. The highest BCUT2D eigenvalue weighted by Gasteiger charge is 2.36. The van der Waals surface area contributed by atoms with E-state index in [4.69, 9.17) is 4.74 Å². The lowest BCUT2D eigenvalue weighted by Crippen LogP contribution is -2.41. The van der Waals surface area contributed by atoms with E-state index in [9.17, 15) is 14.4 Å². The number of ether oxygens (including phenoxy) is 1. The zero-order chi connectivity index (χ0) is 21.3. The molecule has 0 saturated heterocycles. The van der Waals surface area contributed by atoms with E-state index in [-0.39, 0.29) is 37.1 Å². The number of allylic oxidation sites excluding steroid dienone is 1. The largest absolute Gasteiger partial charge is 0.461 e. The fourth-order valence-corrected chi connectivity index (χ4v) is 4.17. The van der Waals surface area contributed by atoms with Gasteiger partial charge in [-0.1, -0.05) is 24.3 Å². The van der Waals surface area contributed by atoms with Crippen molar-refractivity contribution in [1.82, 2.24) is 14.7 Å². The first kappa shape index (κ1) is 19.9. The number of nitrogens with one attached hydrogen (secondary N) is 1. The average molecular weight is 408 g/mol. The molecule has 2 aliphatic rings. The van der Waals surface area contributed by atoms with Crippen molar-refractivity contribution < 1.29 is 19.1 Å². The second-order valence-corrected chi connectivity index (χ2v) is 7.37. The van der Waals surface area contributed by atoms with E-state index >= 15 is 0 Å². The molecule has 0 radical (unpaired) electrons. The van der Waals surface area contributed by atoms with Crippen molar-refractivity contribution in [3.05, 3.63) is 59.4 Å². The number of benzene rings is 1. The Morgan fingerprint density at radius 3 is 2.93 bits per heavy atom. The van der Waals surface area contributed by atoms with E-state index in [1.165, 1.54) is 0 Å². The highest BCUT2D eigenvalue weighted by Crippen LogP contribution is 2.35. The molecule has 1 atom stereocenters. The van der Waals surface area contributed by atoms with Gasteiger partial charge in [-0.25, -0.2) is 4.79 Å². The number of amides is 2. The molecule has 4 rings (SSSR count).